The van der Waals surface area contributed by atoms with Crippen LogP contribution in [0, 0.1) is 0 Å². The zero-order valence-electron chi connectivity index (χ0n) is 9.71. The van der Waals surface area contributed by atoms with Crippen LogP contribution < -0.4 is 0 Å². The summed E-state index contributed by atoms with van der Waals surface area (Å²) in [7, 11) is 0. The maximum absolute atomic E-state index is 11.4. The molecule has 0 aliphatic heterocycles. The molecule has 0 atom stereocenters. The van der Waals surface area contributed by atoms with Gasteiger partial charge < -0.3 is 9.84 Å². The molecular formula is C13H20O3. The molecule has 2 rings (SSSR count). The van der Waals surface area contributed by atoms with Crippen LogP contribution in [0.5, 0.6) is 0 Å². The van der Waals surface area contributed by atoms with E-state index >= 15 is 0 Å². The van der Waals surface area contributed by atoms with E-state index in [4.69, 9.17) is 4.74 Å². The highest BCUT2D eigenvalue weighted by Crippen LogP contribution is 2.49. The van der Waals surface area contributed by atoms with Crippen LogP contribution in [0.15, 0.2) is 12.7 Å². The predicted octanol–water partition coefficient (Wildman–Crippen LogP) is 2.33. The zero-order valence-corrected chi connectivity index (χ0v) is 9.71. The van der Waals surface area contributed by atoms with Crippen LogP contribution in [0.1, 0.15) is 51.4 Å². The quantitative estimate of drug-likeness (QED) is 0.578. The van der Waals surface area contributed by atoms with Crippen LogP contribution in [0.25, 0.3) is 0 Å². The Morgan fingerprint density at radius 1 is 1.12 bits per heavy atom. The van der Waals surface area contributed by atoms with Crippen molar-refractivity contribution in [2.75, 3.05) is 0 Å². The predicted molar refractivity (Wildman–Crippen MR) is 60.9 cm³/mol. The summed E-state index contributed by atoms with van der Waals surface area (Å²) in [6, 6.07) is 0. The van der Waals surface area contributed by atoms with Crippen molar-refractivity contribution in [3.63, 3.8) is 0 Å². The number of hydrogen-bond donors (Lipinski definition) is 1. The summed E-state index contributed by atoms with van der Waals surface area (Å²) in [6.07, 6.45) is 8.44. The number of esters is 1. The molecule has 0 bridgehead atoms. The maximum Gasteiger partial charge on any atom is 0.330 e. The average Bonchev–Trinajstić information content (AvgIpc) is 2.29. The largest absolute Gasteiger partial charge is 0.453 e. The van der Waals surface area contributed by atoms with Gasteiger partial charge in [0.15, 0.2) is 0 Å². The first-order valence-electron chi connectivity index (χ1n) is 6.20. The molecule has 0 saturated heterocycles. The van der Waals surface area contributed by atoms with Crippen molar-refractivity contribution in [2.24, 2.45) is 0 Å². The van der Waals surface area contributed by atoms with Gasteiger partial charge in [0.1, 0.15) is 11.2 Å². The highest BCUT2D eigenvalue weighted by molar-refractivity contribution is 5.81. The second kappa shape index (κ2) is 4.21. The van der Waals surface area contributed by atoms with E-state index in [1.165, 1.54) is 6.08 Å². The number of fused-ring (bicyclic) bond motifs is 1. The molecule has 0 aromatic rings. The van der Waals surface area contributed by atoms with Crippen LogP contribution in [0.2, 0.25) is 0 Å². The Morgan fingerprint density at radius 3 is 2.12 bits per heavy atom. The van der Waals surface area contributed by atoms with Crippen molar-refractivity contribution in [1.29, 1.82) is 0 Å². The summed E-state index contributed by atoms with van der Waals surface area (Å²) in [5, 5.41) is 10.7. The minimum absolute atomic E-state index is 0.401. The van der Waals surface area contributed by atoms with E-state index in [0.717, 1.165) is 51.4 Å². The lowest BCUT2D eigenvalue weighted by Crippen LogP contribution is -2.60. The monoisotopic (exact) mass is 224 g/mol. The first-order chi connectivity index (χ1) is 7.62. The van der Waals surface area contributed by atoms with Crippen molar-refractivity contribution in [2.45, 2.75) is 62.6 Å². The third kappa shape index (κ3) is 1.77. The molecule has 0 aromatic heterocycles. The Kier molecular flexibility index (Phi) is 3.06. The molecule has 0 aromatic carbocycles. The zero-order chi connectivity index (χ0) is 11.6. The third-order valence-electron chi connectivity index (χ3n) is 4.15. The molecule has 0 heterocycles. The Bertz CT molecular complexity index is 284. The second-order valence-corrected chi connectivity index (χ2v) is 5.07. The number of carbonyl (C=O) groups excluding carboxylic acids is 1. The van der Waals surface area contributed by atoms with Crippen molar-refractivity contribution >= 4 is 5.97 Å². The van der Waals surface area contributed by atoms with E-state index in [2.05, 4.69) is 6.58 Å². The highest BCUT2D eigenvalue weighted by atomic mass is 16.6. The summed E-state index contributed by atoms with van der Waals surface area (Å²) in [5.74, 6) is -0.401. The Hall–Kier alpha value is -0.830. The molecule has 2 aliphatic carbocycles. The van der Waals surface area contributed by atoms with Crippen molar-refractivity contribution in [3.05, 3.63) is 12.7 Å². The first kappa shape index (κ1) is 11.6. The van der Waals surface area contributed by atoms with Gasteiger partial charge >= 0.3 is 5.97 Å². The van der Waals surface area contributed by atoms with Gasteiger partial charge in [-0.3, -0.25) is 0 Å². The van der Waals surface area contributed by atoms with Gasteiger partial charge in [0.05, 0.1) is 0 Å². The molecule has 2 aliphatic rings. The van der Waals surface area contributed by atoms with Gasteiger partial charge in [0.2, 0.25) is 0 Å². The SMILES string of the molecule is C=CC(=O)OC12CCCCC1(O)CCCC2. The third-order valence-corrected chi connectivity index (χ3v) is 4.15. The van der Waals surface area contributed by atoms with E-state index in [1.54, 1.807) is 0 Å². The van der Waals surface area contributed by atoms with E-state index < -0.39 is 17.2 Å². The summed E-state index contributed by atoms with van der Waals surface area (Å²) in [6.45, 7) is 3.43. The number of ether oxygens (including phenoxy) is 1. The van der Waals surface area contributed by atoms with E-state index in [-0.39, 0.29) is 0 Å². The molecule has 2 saturated carbocycles. The highest BCUT2D eigenvalue weighted by Gasteiger charge is 2.55. The lowest BCUT2D eigenvalue weighted by atomic mass is 9.64. The lowest BCUT2D eigenvalue weighted by Gasteiger charge is -2.52. The smallest absolute Gasteiger partial charge is 0.330 e. The standard InChI is InChI=1S/C13H20O3/c1-2-11(14)16-13-9-5-3-7-12(13,15)8-4-6-10-13/h2,15H,1,3-10H2. The molecule has 3 heteroatoms. The van der Waals surface area contributed by atoms with Crippen LogP contribution in [0.3, 0.4) is 0 Å². The van der Waals surface area contributed by atoms with Crippen LogP contribution in [-0.4, -0.2) is 22.3 Å². The molecule has 3 nitrogen and oxygen atoms in total. The van der Waals surface area contributed by atoms with Gasteiger partial charge in [0.25, 0.3) is 0 Å². The second-order valence-electron chi connectivity index (χ2n) is 5.07. The minimum atomic E-state index is -0.790. The summed E-state index contributed by atoms with van der Waals surface area (Å²) >= 11 is 0. The van der Waals surface area contributed by atoms with Gasteiger partial charge in [-0.15, -0.1) is 0 Å². The fourth-order valence-corrected chi connectivity index (χ4v) is 3.26. The Morgan fingerprint density at radius 2 is 1.62 bits per heavy atom. The number of rotatable bonds is 2. The topological polar surface area (TPSA) is 46.5 Å². The minimum Gasteiger partial charge on any atom is -0.453 e. The molecule has 90 valence electrons. The summed E-state index contributed by atoms with van der Waals surface area (Å²) in [5.41, 5.74) is -1.42. The van der Waals surface area contributed by atoms with E-state index in [9.17, 15) is 9.90 Å². The first-order valence-corrected chi connectivity index (χ1v) is 6.20. The van der Waals surface area contributed by atoms with Gasteiger partial charge in [-0.25, -0.2) is 4.79 Å². The van der Waals surface area contributed by atoms with Crippen molar-refractivity contribution in [1.82, 2.24) is 0 Å². The molecule has 2 fully saturated rings. The molecule has 0 amide bonds. The fraction of sp³-hybridized carbons (Fsp3) is 0.769. The molecule has 16 heavy (non-hydrogen) atoms. The average molecular weight is 224 g/mol. The van der Waals surface area contributed by atoms with Crippen LogP contribution >= 0.6 is 0 Å². The van der Waals surface area contributed by atoms with Gasteiger partial charge in [-0.2, -0.15) is 0 Å². The van der Waals surface area contributed by atoms with E-state index in [1.807, 2.05) is 0 Å². The molecule has 0 spiro atoms. The van der Waals surface area contributed by atoms with Crippen molar-refractivity contribution in [3.8, 4) is 0 Å². The van der Waals surface area contributed by atoms with Crippen molar-refractivity contribution < 1.29 is 14.6 Å². The summed E-state index contributed by atoms with van der Waals surface area (Å²) in [4.78, 5) is 11.4. The normalized spacial score (nSPS) is 38.6. The Labute approximate surface area is 96.5 Å². The van der Waals surface area contributed by atoms with Crippen LogP contribution in [0.4, 0.5) is 0 Å². The van der Waals surface area contributed by atoms with Crippen LogP contribution in [-0.2, 0) is 9.53 Å². The van der Waals surface area contributed by atoms with E-state index in [0.29, 0.717) is 0 Å². The fourth-order valence-electron chi connectivity index (χ4n) is 3.26. The number of hydrogen-bond acceptors (Lipinski definition) is 3. The molecule has 0 unspecified atom stereocenters. The number of carbonyl (C=O) groups is 1. The molecule has 0 radical (unpaired) electrons. The van der Waals surface area contributed by atoms with Gasteiger partial charge in [-0.1, -0.05) is 19.4 Å². The lowest BCUT2D eigenvalue weighted by molar-refractivity contribution is -0.219. The number of aliphatic hydroxyl groups is 1. The summed E-state index contributed by atoms with van der Waals surface area (Å²) < 4.78 is 5.53. The maximum atomic E-state index is 11.4. The molecular weight excluding hydrogens is 204 g/mol. The Balaban J connectivity index is 2.23. The van der Waals surface area contributed by atoms with Gasteiger partial charge in [0, 0.05) is 6.08 Å². The molecule has 1 N–H and O–H groups in total. The van der Waals surface area contributed by atoms with Gasteiger partial charge in [-0.05, 0) is 38.5 Å².